The molecule has 2 heterocycles. The lowest BCUT2D eigenvalue weighted by atomic mass is 9.84. The summed E-state index contributed by atoms with van der Waals surface area (Å²) in [6.45, 7) is 5.70. The van der Waals surface area contributed by atoms with Crippen LogP contribution < -0.4 is 5.32 Å². The first-order valence-electron chi connectivity index (χ1n) is 12.0. The molecule has 0 saturated heterocycles. The Kier molecular flexibility index (Phi) is 8.97. The predicted molar refractivity (Wildman–Crippen MR) is 123 cm³/mol. The van der Waals surface area contributed by atoms with E-state index in [2.05, 4.69) is 20.4 Å². The number of esters is 1. The van der Waals surface area contributed by atoms with Gasteiger partial charge < -0.3 is 14.6 Å². The highest BCUT2D eigenvalue weighted by Crippen LogP contribution is 2.31. The molecule has 180 valence electrons. The molecule has 33 heavy (non-hydrogen) atoms. The van der Waals surface area contributed by atoms with Crippen molar-refractivity contribution in [3.8, 4) is 0 Å². The maximum absolute atomic E-state index is 12.5. The third-order valence-corrected chi connectivity index (χ3v) is 5.86. The van der Waals surface area contributed by atoms with E-state index in [1.54, 1.807) is 24.4 Å². The molecule has 0 aliphatic heterocycles. The summed E-state index contributed by atoms with van der Waals surface area (Å²) in [5.74, 6) is 0.799. The first-order chi connectivity index (χ1) is 15.8. The average Bonchev–Trinajstić information content (AvgIpc) is 3.26. The van der Waals surface area contributed by atoms with Gasteiger partial charge in [0.05, 0.1) is 13.0 Å². The van der Waals surface area contributed by atoms with Crippen LogP contribution >= 0.6 is 0 Å². The highest BCUT2D eigenvalue weighted by Gasteiger charge is 2.26. The summed E-state index contributed by atoms with van der Waals surface area (Å²) in [4.78, 5) is 33.2. The first kappa shape index (κ1) is 24.9. The Hall–Kier alpha value is -2.77. The molecule has 1 aliphatic carbocycles. The van der Waals surface area contributed by atoms with Gasteiger partial charge in [0.25, 0.3) is 5.91 Å². The van der Waals surface area contributed by atoms with E-state index in [1.165, 1.54) is 32.1 Å². The van der Waals surface area contributed by atoms with Gasteiger partial charge in [0.2, 0.25) is 5.89 Å². The third kappa shape index (κ3) is 8.59. The van der Waals surface area contributed by atoms with Crippen molar-refractivity contribution in [1.29, 1.82) is 0 Å². The Morgan fingerprint density at radius 3 is 2.70 bits per heavy atom. The fourth-order valence-corrected chi connectivity index (χ4v) is 4.28. The smallest absolute Gasteiger partial charge is 0.307 e. The summed E-state index contributed by atoms with van der Waals surface area (Å²) in [7, 11) is 0. The second-order valence-corrected chi connectivity index (χ2v) is 9.87. The molecule has 0 aromatic carbocycles. The summed E-state index contributed by atoms with van der Waals surface area (Å²) in [5, 5.41) is 6.76. The van der Waals surface area contributed by atoms with Gasteiger partial charge in [0, 0.05) is 12.1 Å². The van der Waals surface area contributed by atoms with Crippen LogP contribution in [0.1, 0.15) is 107 Å². The minimum Gasteiger partial charge on any atom is -0.460 e. The van der Waals surface area contributed by atoms with Crippen molar-refractivity contribution in [3.05, 3.63) is 41.8 Å². The third-order valence-electron chi connectivity index (χ3n) is 5.86. The largest absolute Gasteiger partial charge is 0.460 e. The molecule has 1 atom stereocenters. The molecule has 2 aromatic rings. The molecule has 8 nitrogen and oxygen atoms in total. The molecule has 0 spiro atoms. The van der Waals surface area contributed by atoms with Crippen molar-refractivity contribution in [2.24, 2.45) is 5.92 Å². The van der Waals surface area contributed by atoms with E-state index < -0.39 is 5.60 Å². The Labute approximate surface area is 195 Å². The molecule has 1 saturated carbocycles. The van der Waals surface area contributed by atoms with Crippen LogP contribution in [0, 0.1) is 5.92 Å². The Balaban J connectivity index is 1.59. The van der Waals surface area contributed by atoms with E-state index >= 15 is 0 Å². The van der Waals surface area contributed by atoms with E-state index in [4.69, 9.17) is 9.26 Å². The fourth-order valence-electron chi connectivity index (χ4n) is 4.28. The van der Waals surface area contributed by atoms with E-state index in [0.717, 1.165) is 25.2 Å². The minimum atomic E-state index is -0.542. The molecule has 1 N–H and O–H groups in total. The van der Waals surface area contributed by atoms with Gasteiger partial charge in [-0.1, -0.05) is 56.2 Å². The number of hydrogen-bond donors (Lipinski definition) is 1. The Bertz CT molecular complexity index is 885. The van der Waals surface area contributed by atoms with Gasteiger partial charge in [-0.15, -0.1) is 0 Å². The zero-order chi connectivity index (χ0) is 23.7. The van der Waals surface area contributed by atoms with E-state index in [0.29, 0.717) is 17.4 Å². The lowest BCUT2D eigenvalue weighted by Gasteiger charge is -2.23. The quantitative estimate of drug-likeness (QED) is 0.503. The van der Waals surface area contributed by atoms with Crippen LogP contribution in [0.15, 0.2) is 28.9 Å². The SMILES string of the molecule is CC(C)(C)OC(=O)CC(CCCC1CCCCC1)c1nc(CNC(=O)c2ccccn2)no1. The molecular weight excluding hydrogens is 420 g/mol. The zero-order valence-corrected chi connectivity index (χ0v) is 20.0. The van der Waals surface area contributed by atoms with Gasteiger partial charge in [-0.3, -0.25) is 14.6 Å². The van der Waals surface area contributed by atoms with Gasteiger partial charge in [-0.2, -0.15) is 4.98 Å². The van der Waals surface area contributed by atoms with Gasteiger partial charge in [-0.25, -0.2) is 0 Å². The van der Waals surface area contributed by atoms with Crippen molar-refractivity contribution < 1.29 is 18.8 Å². The minimum absolute atomic E-state index is 0.125. The maximum atomic E-state index is 12.5. The van der Waals surface area contributed by atoms with Crippen molar-refractivity contribution in [3.63, 3.8) is 0 Å². The van der Waals surface area contributed by atoms with Crippen LogP contribution in [0.3, 0.4) is 0 Å². The van der Waals surface area contributed by atoms with Crippen molar-refractivity contribution in [1.82, 2.24) is 20.4 Å². The summed E-state index contributed by atoms with van der Waals surface area (Å²) in [6.07, 6.45) is 11.3. The summed E-state index contributed by atoms with van der Waals surface area (Å²) in [6, 6.07) is 5.14. The molecule has 2 aromatic heterocycles. The Morgan fingerprint density at radius 1 is 1.21 bits per heavy atom. The molecule has 1 fully saturated rings. The Morgan fingerprint density at radius 2 is 2.00 bits per heavy atom. The number of carbonyl (C=O) groups is 2. The van der Waals surface area contributed by atoms with Gasteiger partial charge in [0.1, 0.15) is 11.3 Å². The van der Waals surface area contributed by atoms with Crippen molar-refractivity contribution in [2.75, 3.05) is 0 Å². The predicted octanol–water partition coefficient (Wildman–Crippen LogP) is 4.96. The molecule has 8 heteroatoms. The number of aromatic nitrogens is 3. The van der Waals surface area contributed by atoms with Crippen LogP contribution in [0.5, 0.6) is 0 Å². The summed E-state index contributed by atoms with van der Waals surface area (Å²) in [5.41, 5.74) is -0.216. The summed E-state index contributed by atoms with van der Waals surface area (Å²) < 4.78 is 11.0. The van der Waals surface area contributed by atoms with Crippen LogP contribution in [-0.4, -0.2) is 32.6 Å². The molecular formula is C25H36N4O4. The second kappa shape index (κ2) is 11.9. The number of pyridine rings is 1. The number of nitrogens with one attached hydrogen (secondary N) is 1. The molecule has 0 bridgehead atoms. The number of amides is 1. The number of nitrogens with zero attached hydrogens (tertiary/aromatic N) is 3. The number of rotatable bonds is 10. The van der Waals surface area contributed by atoms with Crippen molar-refractivity contribution >= 4 is 11.9 Å². The molecule has 3 rings (SSSR count). The highest BCUT2D eigenvalue weighted by molar-refractivity contribution is 5.92. The lowest BCUT2D eigenvalue weighted by molar-refractivity contribution is -0.155. The second-order valence-electron chi connectivity index (χ2n) is 9.87. The highest BCUT2D eigenvalue weighted by atomic mass is 16.6. The van der Waals surface area contributed by atoms with E-state index in [9.17, 15) is 9.59 Å². The zero-order valence-electron chi connectivity index (χ0n) is 20.0. The molecule has 0 radical (unpaired) electrons. The standard InChI is InChI=1S/C25H36N4O4/c1-25(2,3)32-22(30)16-19(13-9-12-18-10-5-4-6-11-18)24-28-21(29-33-24)17-27-23(31)20-14-7-8-15-26-20/h7-8,14-15,18-19H,4-6,9-13,16-17H2,1-3H3,(H,27,31). The van der Waals surface area contributed by atoms with Gasteiger partial charge >= 0.3 is 5.97 Å². The first-order valence-corrected chi connectivity index (χ1v) is 12.0. The fraction of sp³-hybridized carbons (Fsp3) is 0.640. The van der Waals surface area contributed by atoms with E-state index in [-0.39, 0.29) is 30.8 Å². The monoisotopic (exact) mass is 456 g/mol. The number of ether oxygens (including phenoxy) is 1. The maximum Gasteiger partial charge on any atom is 0.307 e. The van der Waals surface area contributed by atoms with Gasteiger partial charge in [-0.05, 0) is 45.2 Å². The molecule has 1 aliphatic rings. The number of hydrogen-bond acceptors (Lipinski definition) is 7. The van der Waals surface area contributed by atoms with Crippen molar-refractivity contribution in [2.45, 2.75) is 96.6 Å². The van der Waals surface area contributed by atoms with Gasteiger partial charge in [0.15, 0.2) is 5.82 Å². The van der Waals surface area contributed by atoms with Crippen LogP contribution in [-0.2, 0) is 16.1 Å². The lowest BCUT2D eigenvalue weighted by Crippen LogP contribution is -2.25. The van der Waals surface area contributed by atoms with Crippen LogP contribution in [0.2, 0.25) is 0 Å². The van der Waals surface area contributed by atoms with Crippen LogP contribution in [0.25, 0.3) is 0 Å². The number of carbonyl (C=O) groups excluding carboxylic acids is 2. The average molecular weight is 457 g/mol. The van der Waals surface area contributed by atoms with E-state index in [1.807, 2.05) is 20.8 Å². The normalized spacial score (nSPS) is 15.7. The topological polar surface area (TPSA) is 107 Å². The molecule has 1 amide bonds. The molecule has 1 unspecified atom stereocenters. The summed E-state index contributed by atoms with van der Waals surface area (Å²) >= 11 is 0. The van der Waals surface area contributed by atoms with Crippen LogP contribution in [0.4, 0.5) is 0 Å².